The van der Waals surface area contributed by atoms with Gasteiger partial charge in [-0.2, -0.15) is 0 Å². The Balaban J connectivity index is 1.21. The van der Waals surface area contributed by atoms with E-state index >= 15 is 0 Å². The van der Waals surface area contributed by atoms with Crippen molar-refractivity contribution in [2.45, 2.75) is 0 Å². The van der Waals surface area contributed by atoms with Gasteiger partial charge in [0.15, 0.2) is 0 Å². The van der Waals surface area contributed by atoms with Crippen LogP contribution in [0.2, 0.25) is 0 Å². The van der Waals surface area contributed by atoms with Gasteiger partial charge in [-0.3, -0.25) is 0 Å². The maximum atomic E-state index is 6.37. The monoisotopic (exact) mass is 570 g/mol. The van der Waals surface area contributed by atoms with Gasteiger partial charge in [0, 0.05) is 16.3 Å². The van der Waals surface area contributed by atoms with E-state index in [0.717, 1.165) is 33.1 Å². The molecule has 45 heavy (non-hydrogen) atoms. The molecule has 1 aromatic heterocycles. The lowest BCUT2D eigenvalue weighted by Crippen LogP contribution is -1.91. The zero-order valence-corrected chi connectivity index (χ0v) is 24.4. The van der Waals surface area contributed by atoms with Crippen molar-refractivity contribution in [3.05, 3.63) is 158 Å². The van der Waals surface area contributed by atoms with E-state index in [1.54, 1.807) is 0 Å². The fourth-order valence-electron chi connectivity index (χ4n) is 7.47. The molecule has 0 saturated heterocycles. The van der Waals surface area contributed by atoms with Crippen molar-refractivity contribution < 1.29 is 4.42 Å². The lowest BCUT2D eigenvalue weighted by atomic mass is 9.85. The number of fused-ring (bicyclic) bond motifs is 4. The van der Waals surface area contributed by atoms with Gasteiger partial charge in [-0.15, -0.1) is 0 Å². The highest BCUT2D eigenvalue weighted by Gasteiger charge is 2.18. The summed E-state index contributed by atoms with van der Waals surface area (Å²) in [6, 6.07) is 57.4. The third-order valence-electron chi connectivity index (χ3n) is 9.62. The highest BCUT2D eigenvalue weighted by molar-refractivity contribution is 6.28. The molecule has 0 radical (unpaired) electrons. The molecule has 0 N–H and O–H groups in total. The summed E-state index contributed by atoms with van der Waals surface area (Å²) in [5.41, 5.74) is 9.07. The van der Waals surface area contributed by atoms with Gasteiger partial charge in [-0.05, 0) is 89.1 Å². The average Bonchev–Trinajstić information content (AvgIpc) is 3.49. The zero-order valence-electron chi connectivity index (χ0n) is 24.4. The Morgan fingerprint density at radius 1 is 0.311 bits per heavy atom. The van der Waals surface area contributed by atoms with Gasteiger partial charge in [-0.1, -0.05) is 140 Å². The van der Waals surface area contributed by atoms with Crippen LogP contribution in [0.5, 0.6) is 0 Å². The molecule has 0 aliphatic carbocycles. The van der Waals surface area contributed by atoms with Crippen LogP contribution in [-0.4, -0.2) is 0 Å². The van der Waals surface area contributed by atoms with Crippen molar-refractivity contribution in [3.8, 4) is 33.4 Å². The molecule has 0 aliphatic rings. The first-order chi connectivity index (χ1) is 22.3. The standard InChI is InChI=1S/C44H26O/c1-2-8-32-25-33(20-15-27(32)7-1)40-26-39(36-23-21-30-9-5-10-31-22-24-37(40)43(36)42(30)31)29-18-16-28(17-19-29)34-12-6-13-38-35-11-3-4-14-41(35)45-44(34)38/h1-26H. The van der Waals surface area contributed by atoms with Crippen molar-refractivity contribution in [1.82, 2.24) is 0 Å². The number of furan rings is 1. The molecule has 0 saturated carbocycles. The Labute approximate surface area is 259 Å². The summed E-state index contributed by atoms with van der Waals surface area (Å²) in [5, 5.41) is 12.6. The predicted molar refractivity (Wildman–Crippen MR) is 191 cm³/mol. The molecule has 1 heteroatoms. The van der Waals surface area contributed by atoms with Crippen LogP contribution in [0.15, 0.2) is 162 Å². The molecular formula is C44H26O. The first-order valence-electron chi connectivity index (χ1n) is 15.5. The Hall–Kier alpha value is -5.92. The largest absolute Gasteiger partial charge is 0.455 e. The molecule has 0 bridgehead atoms. The Bertz CT molecular complexity index is 2730. The van der Waals surface area contributed by atoms with E-state index in [2.05, 4.69) is 146 Å². The van der Waals surface area contributed by atoms with Crippen LogP contribution in [0.4, 0.5) is 0 Å². The molecule has 0 spiro atoms. The van der Waals surface area contributed by atoms with E-state index in [1.807, 2.05) is 12.1 Å². The summed E-state index contributed by atoms with van der Waals surface area (Å²) >= 11 is 0. The van der Waals surface area contributed by atoms with Crippen molar-refractivity contribution in [2.24, 2.45) is 0 Å². The quantitative estimate of drug-likeness (QED) is 0.193. The summed E-state index contributed by atoms with van der Waals surface area (Å²) in [4.78, 5) is 0. The number of hydrogen-bond donors (Lipinski definition) is 0. The van der Waals surface area contributed by atoms with Gasteiger partial charge in [0.1, 0.15) is 11.2 Å². The van der Waals surface area contributed by atoms with E-state index in [9.17, 15) is 0 Å². The third kappa shape index (κ3) is 3.62. The second kappa shape index (κ2) is 9.29. The lowest BCUT2D eigenvalue weighted by Gasteiger charge is -2.18. The minimum atomic E-state index is 0.923. The van der Waals surface area contributed by atoms with Crippen LogP contribution < -0.4 is 0 Å². The topological polar surface area (TPSA) is 13.1 Å². The smallest absolute Gasteiger partial charge is 0.143 e. The Morgan fingerprint density at radius 2 is 0.889 bits per heavy atom. The van der Waals surface area contributed by atoms with Gasteiger partial charge >= 0.3 is 0 Å². The summed E-state index contributed by atoms with van der Waals surface area (Å²) in [5.74, 6) is 0. The molecule has 0 aliphatic heterocycles. The third-order valence-corrected chi connectivity index (χ3v) is 9.62. The number of para-hydroxylation sites is 2. The number of rotatable bonds is 3. The van der Waals surface area contributed by atoms with Gasteiger partial charge in [-0.25, -0.2) is 0 Å². The number of benzene rings is 9. The van der Waals surface area contributed by atoms with E-state index < -0.39 is 0 Å². The maximum Gasteiger partial charge on any atom is 0.143 e. The van der Waals surface area contributed by atoms with Crippen LogP contribution in [-0.2, 0) is 0 Å². The van der Waals surface area contributed by atoms with Crippen LogP contribution in [0, 0.1) is 0 Å². The summed E-state index contributed by atoms with van der Waals surface area (Å²) in [7, 11) is 0. The lowest BCUT2D eigenvalue weighted by molar-refractivity contribution is 0.670. The van der Waals surface area contributed by atoms with Crippen LogP contribution in [0.25, 0.3) is 98.4 Å². The van der Waals surface area contributed by atoms with E-state index in [-0.39, 0.29) is 0 Å². The molecular weight excluding hydrogens is 544 g/mol. The van der Waals surface area contributed by atoms with Gasteiger partial charge in [0.2, 0.25) is 0 Å². The van der Waals surface area contributed by atoms with Crippen LogP contribution in [0.1, 0.15) is 0 Å². The second-order valence-electron chi connectivity index (χ2n) is 12.1. The second-order valence-corrected chi connectivity index (χ2v) is 12.1. The van der Waals surface area contributed by atoms with E-state index in [0.29, 0.717) is 0 Å². The van der Waals surface area contributed by atoms with E-state index in [1.165, 1.54) is 65.3 Å². The minimum absolute atomic E-state index is 0.923. The molecule has 0 fully saturated rings. The fraction of sp³-hybridized carbons (Fsp3) is 0. The minimum Gasteiger partial charge on any atom is -0.455 e. The molecule has 0 amide bonds. The first kappa shape index (κ1) is 24.5. The predicted octanol–water partition coefficient (Wildman–Crippen LogP) is 12.6. The summed E-state index contributed by atoms with van der Waals surface area (Å²) < 4.78 is 6.37. The zero-order chi connectivity index (χ0) is 29.5. The Morgan fingerprint density at radius 3 is 1.69 bits per heavy atom. The SMILES string of the molecule is c1ccc2cc(-c3cc(-c4ccc(-c5cccc6c5oc5ccccc56)cc4)c4ccc5cccc6ccc3c4c56)ccc2c1. The van der Waals surface area contributed by atoms with Crippen molar-refractivity contribution in [2.75, 3.05) is 0 Å². The van der Waals surface area contributed by atoms with Crippen LogP contribution >= 0.6 is 0 Å². The molecule has 208 valence electrons. The van der Waals surface area contributed by atoms with Gasteiger partial charge in [0.05, 0.1) is 0 Å². The van der Waals surface area contributed by atoms with Gasteiger partial charge in [0.25, 0.3) is 0 Å². The molecule has 9 aromatic carbocycles. The van der Waals surface area contributed by atoms with Crippen LogP contribution in [0.3, 0.4) is 0 Å². The normalized spacial score (nSPS) is 12.0. The molecule has 0 atom stereocenters. The molecule has 1 heterocycles. The molecule has 10 rings (SSSR count). The molecule has 10 aromatic rings. The Kier molecular flexibility index (Phi) is 5.06. The molecule has 0 unspecified atom stereocenters. The molecule has 1 nitrogen and oxygen atoms in total. The highest BCUT2D eigenvalue weighted by Crippen LogP contribution is 2.45. The average molecular weight is 571 g/mol. The van der Waals surface area contributed by atoms with Crippen molar-refractivity contribution in [3.63, 3.8) is 0 Å². The first-order valence-corrected chi connectivity index (χ1v) is 15.5. The van der Waals surface area contributed by atoms with Crippen molar-refractivity contribution >= 4 is 65.0 Å². The summed E-state index contributed by atoms with van der Waals surface area (Å²) in [6.07, 6.45) is 0. The van der Waals surface area contributed by atoms with Gasteiger partial charge < -0.3 is 4.42 Å². The van der Waals surface area contributed by atoms with Crippen molar-refractivity contribution in [1.29, 1.82) is 0 Å². The number of hydrogen-bond acceptors (Lipinski definition) is 1. The fourth-order valence-corrected chi connectivity index (χ4v) is 7.47. The van der Waals surface area contributed by atoms with E-state index in [4.69, 9.17) is 4.42 Å². The summed E-state index contributed by atoms with van der Waals surface area (Å²) in [6.45, 7) is 0. The highest BCUT2D eigenvalue weighted by atomic mass is 16.3. The maximum absolute atomic E-state index is 6.37.